The van der Waals surface area contributed by atoms with Crippen molar-refractivity contribution < 1.29 is 14.3 Å². The molecule has 0 aromatic carbocycles. The van der Waals surface area contributed by atoms with Gasteiger partial charge in [-0.05, 0) is 44.1 Å². The number of hydrogen-bond acceptors (Lipinski definition) is 5. The summed E-state index contributed by atoms with van der Waals surface area (Å²) < 4.78 is 5.26. The van der Waals surface area contributed by atoms with E-state index in [1.165, 1.54) is 12.2 Å². The van der Waals surface area contributed by atoms with Crippen LogP contribution in [0.2, 0.25) is 0 Å². The molecule has 2 saturated heterocycles. The molecule has 2 aliphatic heterocycles. The molecular formula is C16H28N2O3S2. The van der Waals surface area contributed by atoms with Crippen molar-refractivity contribution in [2.45, 2.75) is 62.3 Å². The molecule has 0 bridgehead atoms. The van der Waals surface area contributed by atoms with E-state index in [1.54, 1.807) is 0 Å². The lowest BCUT2D eigenvalue weighted by molar-refractivity contribution is -0.143. The number of esters is 1. The fourth-order valence-electron chi connectivity index (χ4n) is 3.04. The van der Waals surface area contributed by atoms with Crippen molar-refractivity contribution in [3.8, 4) is 0 Å². The number of hydrogen-bond donors (Lipinski definition) is 2. The molecule has 3 atom stereocenters. The highest BCUT2D eigenvalue weighted by Gasteiger charge is 2.42. The van der Waals surface area contributed by atoms with Gasteiger partial charge in [-0.1, -0.05) is 6.42 Å². The molecule has 0 spiro atoms. The Kier molecular flexibility index (Phi) is 8.44. The zero-order valence-electron chi connectivity index (χ0n) is 13.8. The quantitative estimate of drug-likeness (QED) is 0.337. The molecule has 132 valence electrons. The van der Waals surface area contributed by atoms with Crippen LogP contribution in [0.1, 0.15) is 44.9 Å². The summed E-state index contributed by atoms with van der Waals surface area (Å²) in [6, 6.07) is 0.515. The number of nitrogens with one attached hydrogen (secondary N) is 2. The standard InChI is InChI=1S/C16H28N2O3S2/c1-22-10-6-2-5-9-21-14(19)8-4-3-7-13-15-12(11-23-13)17-16(20)18-15/h12-13,15H,2-11H2,1H3,(H2,17,18,20)/t12-,13-,15-/m0/s1. The summed E-state index contributed by atoms with van der Waals surface area (Å²) in [4.78, 5) is 23.0. The van der Waals surface area contributed by atoms with E-state index in [0.717, 1.165) is 37.9 Å². The normalized spacial score (nSPS) is 25.8. The van der Waals surface area contributed by atoms with Crippen molar-refractivity contribution in [1.29, 1.82) is 0 Å². The molecule has 5 nitrogen and oxygen atoms in total. The number of unbranched alkanes of at least 4 members (excludes halogenated alkanes) is 3. The first-order valence-corrected chi connectivity index (χ1v) is 11.0. The molecule has 0 unspecified atom stereocenters. The van der Waals surface area contributed by atoms with Crippen molar-refractivity contribution in [1.82, 2.24) is 10.6 Å². The van der Waals surface area contributed by atoms with Crippen LogP contribution in [0.25, 0.3) is 0 Å². The Morgan fingerprint density at radius 2 is 2.13 bits per heavy atom. The first kappa shape index (κ1) is 18.8. The molecule has 7 heteroatoms. The monoisotopic (exact) mass is 360 g/mol. The van der Waals surface area contributed by atoms with Gasteiger partial charge in [0, 0.05) is 17.4 Å². The van der Waals surface area contributed by atoms with Crippen LogP contribution in [0, 0.1) is 0 Å². The number of urea groups is 1. The van der Waals surface area contributed by atoms with Gasteiger partial charge in [0.2, 0.25) is 0 Å². The maximum Gasteiger partial charge on any atom is 0.315 e. The fraction of sp³-hybridized carbons (Fsp3) is 0.875. The molecule has 2 heterocycles. The van der Waals surface area contributed by atoms with Gasteiger partial charge < -0.3 is 15.4 Å². The summed E-state index contributed by atoms with van der Waals surface area (Å²) in [5.41, 5.74) is 0. The summed E-state index contributed by atoms with van der Waals surface area (Å²) in [7, 11) is 0. The second-order valence-electron chi connectivity index (χ2n) is 6.14. The summed E-state index contributed by atoms with van der Waals surface area (Å²) in [6.07, 6.45) is 8.88. The Bertz CT molecular complexity index is 396. The van der Waals surface area contributed by atoms with Gasteiger partial charge in [-0.3, -0.25) is 4.79 Å². The zero-order valence-corrected chi connectivity index (χ0v) is 15.5. The number of thioether (sulfide) groups is 2. The SMILES string of the molecule is CSCCCCCOC(=O)CCCC[C@@H]1SC[C@@H]2NC(=O)N[C@@H]21. The average Bonchev–Trinajstić information content (AvgIpc) is 3.07. The highest BCUT2D eigenvalue weighted by molar-refractivity contribution is 8.00. The van der Waals surface area contributed by atoms with Gasteiger partial charge in [0.25, 0.3) is 0 Å². The molecule has 2 fully saturated rings. The molecule has 0 radical (unpaired) electrons. The predicted molar refractivity (Wildman–Crippen MR) is 97.1 cm³/mol. The number of carbonyl (C=O) groups is 2. The van der Waals surface area contributed by atoms with Crippen molar-refractivity contribution >= 4 is 35.5 Å². The minimum absolute atomic E-state index is 0.0357. The molecule has 0 saturated carbocycles. The van der Waals surface area contributed by atoms with E-state index in [9.17, 15) is 9.59 Å². The lowest BCUT2D eigenvalue weighted by atomic mass is 10.0. The molecular weight excluding hydrogens is 332 g/mol. The van der Waals surface area contributed by atoms with Gasteiger partial charge in [0.05, 0.1) is 18.7 Å². The van der Waals surface area contributed by atoms with Crippen molar-refractivity contribution in [2.24, 2.45) is 0 Å². The van der Waals surface area contributed by atoms with Gasteiger partial charge >= 0.3 is 12.0 Å². The fourth-order valence-corrected chi connectivity index (χ4v) is 5.08. The van der Waals surface area contributed by atoms with E-state index in [4.69, 9.17) is 4.74 Å². The maximum atomic E-state index is 11.7. The van der Waals surface area contributed by atoms with E-state index in [0.29, 0.717) is 18.3 Å². The molecule has 2 aliphatic rings. The van der Waals surface area contributed by atoms with Gasteiger partial charge in [0.1, 0.15) is 0 Å². The third-order valence-electron chi connectivity index (χ3n) is 4.31. The van der Waals surface area contributed by atoms with Crippen molar-refractivity contribution in [3.05, 3.63) is 0 Å². The molecule has 2 N–H and O–H groups in total. The van der Waals surface area contributed by atoms with Crippen LogP contribution in [-0.2, 0) is 9.53 Å². The van der Waals surface area contributed by atoms with E-state index in [-0.39, 0.29) is 24.1 Å². The van der Waals surface area contributed by atoms with Gasteiger partial charge in [0.15, 0.2) is 0 Å². The van der Waals surface area contributed by atoms with Crippen LogP contribution in [0.3, 0.4) is 0 Å². The van der Waals surface area contributed by atoms with E-state index < -0.39 is 0 Å². The third kappa shape index (κ3) is 6.45. The van der Waals surface area contributed by atoms with E-state index in [1.807, 2.05) is 23.5 Å². The number of amides is 2. The van der Waals surface area contributed by atoms with Gasteiger partial charge in [-0.25, -0.2) is 4.79 Å². The minimum atomic E-state index is -0.0670. The summed E-state index contributed by atoms with van der Waals surface area (Å²) >= 11 is 3.78. The first-order chi connectivity index (χ1) is 11.2. The van der Waals surface area contributed by atoms with Crippen LogP contribution in [-0.4, -0.2) is 53.7 Å². The predicted octanol–water partition coefficient (Wildman–Crippen LogP) is 2.79. The molecule has 0 aromatic rings. The van der Waals surface area contributed by atoms with Gasteiger partial charge in [-0.15, -0.1) is 0 Å². The number of rotatable bonds is 11. The van der Waals surface area contributed by atoms with Crippen LogP contribution in [0.5, 0.6) is 0 Å². The number of fused-ring (bicyclic) bond motifs is 1. The number of carbonyl (C=O) groups excluding carboxylic acids is 2. The highest BCUT2D eigenvalue weighted by Crippen LogP contribution is 2.33. The highest BCUT2D eigenvalue weighted by atomic mass is 32.2. The van der Waals surface area contributed by atoms with Crippen LogP contribution in [0.4, 0.5) is 4.79 Å². The largest absolute Gasteiger partial charge is 0.466 e. The Labute approximate surface area is 147 Å². The lowest BCUT2D eigenvalue weighted by Gasteiger charge is -2.16. The second kappa shape index (κ2) is 10.3. The van der Waals surface area contributed by atoms with Crippen LogP contribution >= 0.6 is 23.5 Å². The molecule has 23 heavy (non-hydrogen) atoms. The Balaban J connectivity index is 1.46. The Morgan fingerprint density at radius 1 is 1.26 bits per heavy atom. The zero-order chi connectivity index (χ0) is 16.5. The molecule has 0 aromatic heterocycles. The van der Waals surface area contributed by atoms with Crippen molar-refractivity contribution in [2.75, 3.05) is 24.4 Å². The summed E-state index contributed by atoms with van der Waals surface area (Å²) in [5.74, 6) is 2.11. The number of ether oxygens (including phenoxy) is 1. The van der Waals surface area contributed by atoms with Crippen molar-refractivity contribution in [3.63, 3.8) is 0 Å². The van der Waals surface area contributed by atoms with Crippen LogP contribution < -0.4 is 10.6 Å². The summed E-state index contributed by atoms with van der Waals surface area (Å²) in [5, 5.41) is 6.43. The van der Waals surface area contributed by atoms with Crippen LogP contribution in [0.15, 0.2) is 0 Å². The smallest absolute Gasteiger partial charge is 0.315 e. The van der Waals surface area contributed by atoms with E-state index >= 15 is 0 Å². The summed E-state index contributed by atoms with van der Waals surface area (Å²) in [6.45, 7) is 0.563. The first-order valence-electron chi connectivity index (χ1n) is 8.54. The van der Waals surface area contributed by atoms with E-state index in [2.05, 4.69) is 16.9 Å². The average molecular weight is 361 g/mol. The lowest BCUT2D eigenvalue weighted by Crippen LogP contribution is -2.36. The Morgan fingerprint density at radius 3 is 2.96 bits per heavy atom. The molecule has 2 rings (SSSR count). The molecule has 0 aliphatic carbocycles. The molecule has 2 amide bonds. The third-order valence-corrected chi connectivity index (χ3v) is 6.52. The Hall–Kier alpha value is -0.560. The second-order valence-corrected chi connectivity index (χ2v) is 8.40. The maximum absolute atomic E-state index is 11.7. The topological polar surface area (TPSA) is 67.4 Å². The van der Waals surface area contributed by atoms with Gasteiger partial charge in [-0.2, -0.15) is 23.5 Å². The minimum Gasteiger partial charge on any atom is -0.466 e.